The topological polar surface area (TPSA) is 63.2 Å². The molecule has 5 nitrogen and oxygen atoms in total. The van der Waals surface area contributed by atoms with Gasteiger partial charge in [-0.3, -0.25) is 4.79 Å². The van der Waals surface area contributed by atoms with Crippen molar-refractivity contribution in [2.75, 3.05) is 25.6 Å². The molecule has 1 aromatic heterocycles. The third-order valence-corrected chi connectivity index (χ3v) is 2.46. The smallest absolute Gasteiger partial charge is 0.251 e. The van der Waals surface area contributed by atoms with Gasteiger partial charge in [-0.2, -0.15) is 0 Å². The molecule has 1 atom stereocenters. The van der Waals surface area contributed by atoms with Crippen molar-refractivity contribution < 1.29 is 9.53 Å². The lowest BCUT2D eigenvalue weighted by Gasteiger charge is -2.14. The highest BCUT2D eigenvalue weighted by Gasteiger charge is 2.11. The second-order valence-electron chi connectivity index (χ2n) is 3.85. The van der Waals surface area contributed by atoms with Gasteiger partial charge in [0.25, 0.3) is 5.91 Å². The number of amides is 1. The second kappa shape index (κ2) is 7.18. The molecule has 1 rings (SSSR count). The van der Waals surface area contributed by atoms with Crippen molar-refractivity contribution in [1.29, 1.82) is 0 Å². The molecule has 0 aliphatic carbocycles. The molecule has 1 unspecified atom stereocenters. The van der Waals surface area contributed by atoms with E-state index in [1.807, 2.05) is 13.8 Å². The highest BCUT2D eigenvalue weighted by molar-refractivity contribution is 6.29. The number of carbonyl (C=O) groups is 1. The van der Waals surface area contributed by atoms with Crippen LogP contribution in [0.2, 0.25) is 5.15 Å². The number of hydrogen-bond donors (Lipinski definition) is 2. The Balaban J connectivity index is 2.68. The van der Waals surface area contributed by atoms with E-state index in [4.69, 9.17) is 16.3 Å². The van der Waals surface area contributed by atoms with Crippen molar-refractivity contribution in [1.82, 2.24) is 10.3 Å². The summed E-state index contributed by atoms with van der Waals surface area (Å²) >= 11 is 5.84. The van der Waals surface area contributed by atoms with Crippen LogP contribution in [0.25, 0.3) is 0 Å². The number of nitrogens with one attached hydrogen (secondary N) is 2. The van der Waals surface area contributed by atoms with E-state index in [0.29, 0.717) is 24.6 Å². The summed E-state index contributed by atoms with van der Waals surface area (Å²) in [7, 11) is 1.72. The molecule has 0 aliphatic rings. The van der Waals surface area contributed by atoms with E-state index < -0.39 is 0 Å². The maximum absolute atomic E-state index is 12.0. The summed E-state index contributed by atoms with van der Waals surface area (Å²) in [6.45, 7) is 4.91. The molecule has 0 aliphatic heterocycles. The fourth-order valence-electron chi connectivity index (χ4n) is 1.40. The molecule has 100 valence electrons. The molecule has 0 fully saturated rings. The maximum Gasteiger partial charge on any atom is 0.251 e. The summed E-state index contributed by atoms with van der Waals surface area (Å²) in [5.41, 5.74) is 0.475. The number of anilines is 1. The standard InChI is InChI=1S/C12H18ClN3O2/c1-4-18-7-8(2)15-12(17)9-5-10(13)16-11(6-9)14-3/h5-6,8H,4,7H2,1-3H3,(H,14,16)(H,15,17). The summed E-state index contributed by atoms with van der Waals surface area (Å²) in [5, 5.41) is 5.96. The fourth-order valence-corrected chi connectivity index (χ4v) is 1.61. The van der Waals surface area contributed by atoms with Crippen molar-refractivity contribution in [3.8, 4) is 0 Å². The number of rotatable bonds is 6. The normalized spacial score (nSPS) is 12.0. The molecule has 0 saturated heterocycles. The van der Waals surface area contributed by atoms with Gasteiger partial charge in [-0.05, 0) is 26.0 Å². The average Bonchev–Trinajstić information content (AvgIpc) is 2.35. The Morgan fingerprint density at radius 2 is 2.28 bits per heavy atom. The Hall–Kier alpha value is -1.33. The first-order valence-corrected chi connectivity index (χ1v) is 6.18. The van der Waals surface area contributed by atoms with Gasteiger partial charge in [0.2, 0.25) is 0 Å². The third kappa shape index (κ3) is 4.50. The fraction of sp³-hybridized carbons (Fsp3) is 0.500. The monoisotopic (exact) mass is 271 g/mol. The second-order valence-corrected chi connectivity index (χ2v) is 4.24. The van der Waals surface area contributed by atoms with Gasteiger partial charge in [-0.15, -0.1) is 0 Å². The molecule has 0 aromatic carbocycles. The van der Waals surface area contributed by atoms with Gasteiger partial charge in [0, 0.05) is 25.3 Å². The van der Waals surface area contributed by atoms with Crippen LogP contribution in [-0.4, -0.2) is 37.2 Å². The van der Waals surface area contributed by atoms with E-state index in [2.05, 4.69) is 15.6 Å². The van der Waals surface area contributed by atoms with Gasteiger partial charge in [-0.25, -0.2) is 4.98 Å². The number of carbonyl (C=O) groups excluding carboxylic acids is 1. The molecule has 1 aromatic rings. The number of aromatic nitrogens is 1. The first kappa shape index (κ1) is 14.7. The Morgan fingerprint density at radius 1 is 1.56 bits per heavy atom. The van der Waals surface area contributed by atoms with E-state index >= 15 is 0 Å². The van der Waals surface area contributed by atoms with Gasteiger partial charge >= 0.3 is 0 Å². The number of hydrogen-bond acceptors (Lipinski definition) is 4. The summed E-state index contributed by atoms with van der Waals surface area (Å²) < 4.78 is 5.24. The lowest BCUT2D eigenvalue weighted by atomic mass is 10.2. The molecular weight excluding hydrogens is 254 g/mol. The summed E-state index contributed by atoms with van der Waals surface area (Å²) in [6.07, 6.45) is 0. The van der Waals surface area contributed by atoms with Crippen LogP contribution in [0.3, 0.4) is 0 Å². The summed E-state index contributed by atoms with van der Waals surface area (Å²) in [5.74, 6) is 0.369. The zero-order chi connectivity index (χ0) is 13.5. The minimum atomic E-state index is -0.192. The third-order valence-electron chi connectivity index (χ3n) is 2.26. The van der Waals surface area contributed by atoms with E-state index in [1.54, 1.807) is 13.1 Å². The van der Waals surface area contributed by atoms with Crippen LogP contribution < -0.4 is 10.6 Å². The van der Waals surface area contributed by atoms with Gasteiger partial charge in [0.15, 0.2) is 0 Å². The lowest BCUT2D eigenvalue weighted by molar-refractivity contribution is 0.0872. The van der Waals surface area contributed by atoms with Crippen LogP contribution in [0.15, 0.2) is 12.1 Å². The van der Waals surface area contributed by atoms with Crippen LogP contribution in [0.1, 0.15) is 24.2 Å². The predicted molar refractivity (Wildman–Crippen MR) is 72.2 cm³/mol. The van der Waals surface area contributed by atoms with E-state index in [-0.39, 0.29) is 17.1 Å². The lowest BCUT2D eigenvalue weighted by Crippen LogP contribution is -2.36. The molecule has 6 heteroatoms. The zero-order valence-electron chi connectivity index (χ0n) is 10.8. The number of nitrogens with zero attached hydrogens (tertiary/aromatic N) is 1. The van der Waals surface area contributed by atoms with Gasteiger partial charge in [0.1, 0.15) is 11.0 Å². The van der Waals surface area contributed by atoms with Crippen LogP contribution in [-0.2, 0) is 4.74 Å². The van der Waals surface area contributed by atoms with Crippen molar-refractivity contribution >= 4 is 23.3 Å². The number of pyridine rings is 1. The molecule has 0 saturated carbocycles. The van der Waals surface area contributed by atoms with Gasteiger partial charge < -0.3 is 15.4 Å². The van der Waals surface area contributed by atoms with Crippen molar-refractivity contribution in [2.45, 2.75) is 19.9 Å². The van der Waals surface area contributed by atoms with Crippen molar-refractivity contribution in [3.63, 3.8) is 0 Å². The maximum atomic E-state index is 12.0. The number of ether oxygens (including phenoxy) is 1. The highest BCUT2D eigenvalue weighted by Crippen LogP contribution is 2.14. The van der Waals surface area contributed by atoms with Crippen LogP contribution in [0.4, 0.5) is 5.82 Å². The molecule has 1 heterocycles. The summed E-state index contributed by atoms with van der Waals surface area (Å²) in [6, 6.07) is 3.13. The molecule has 0 spiro atoms. The average molecular weight is 272 g/mol. The first-order valence-electron chi connectivity index (χ1n) is 5.80. The first-order chi connectivity index (χ1) is 8.56. The minimum absolute atomic E-state index is 0.0533. The molecule has 18 heavy (non-hydrogen) atoms. The van der Waals surface area contributed by atoms with Crippen molar-refractivity contribution in [2.24, 2.45) is 0 Å². The van der Waals surface area contributed by atoms with Crippen LogP contribution in [0, 0.1) is 0 Å². The van der Waals surface area contributed by atoms with E-state index in [9.17, 15) is 4.79 Å². The zero-order valence-corrected chi connectivity index (χ0v) is 11.5. The van der Waals surface area contributed by atoms with Gasteiger partial charge in [-0.1, -0.05) is 11.6 Å². The largest absolute Gasteiger partial charge is 0.380 e. The highest BCUT2D eigenvalue weighted by atomic mass is 35.5. The SMILES string of the molecule is CCOCC(C)NC(=O)c1cc(Cl)nc(NC)c1. The Bertz CT molecular complexity index is 412. The summed E-state index contributed by atoms with van der Waals surface area (Å²) in [4.78, 5) is 16.0. The predicted octanol–water partition coefficient (Wildman–Crippen LogP) is 1.93. The van der Waals surface area contributed by atoms with E-state index in [0.717, 1.165) is 0 Å². The molecular formula is C12H18ClN3O2. The van der Waals surface area contributed by atoms with Crippen LogP contribution >= 0.6 is 11.6 Å². The number of halogens is 1. The molecule has 0 bridgehead atoms. The molecule has 1 amide bonds. The molecule has 2 N–H and O–H groups in total. The van der Waals surface area contributed by atoms with Crippen molar-refractivity contribution in [3.05, 3.63) is 22.8 Å². The minimum Gasteiger partial charge on any atom is -0.380 e. The van der Waals surface area contributed by atoms with Gasteiger partial charge in [0.05, 0.1) is 6.61 Å². The Morgan fingerprint density at radius 3 is 2.89 bits per heavy atom. The molecule has 0 radical (unpaired) electrons. The Kier molecular flexibility index (Phi) is 5.88. The Labute approximate surface area is 112 Å². The quantitative estimate of drug-likeness (QED) is 0.776. The van der Waals surface area contributed by atoms with Crippen LogP contribution in [0.5, 0.6) is 0 Å². The van der Waals surface area contributed by atoms with E-state index in [1.165, 1.54) is 6.07 Å².